The van der Waals surface area contributed by atoms with Crippen molar-refractivity contribution in [1.29, 1.82) is 0 Å². The van der Waals surface area contributed by atoms with Crippen LogP contribution in [0.2, 0.25) is 5.15 Å². The molecular formula is C7H9ClN2O2S. The highest BCUT2D eigenvalue weighted by Crippen LogP contribution is 2.16. The normalized spacial score (nSPS) is 11.3. The average Bonchev–Trinajstić information content (AvgIpc) is 1.93. The first-order chi connectivity index (χ1) is 5.88. The molecule has 0 aliphatic rings. The molecule has 0 spiro atoms. The molecule has 0 bridgehead atoms. The Hall–Kier alpha value is -0.810. The van der Waals surface area contributed by atoms with E-state index in [-0.39, 0.29) is 0 Å². The van der Waals surface area contributed by atoms with E-state index in [2.05, 4.69) is 9.71 Å². The monoisotopic (exact) mass is 220 g/mol. The second kappa shape index (κ2) is 3.51. The summed E-state index contributed by atoms with van der Waals surface area (Å²) in [6.45, 7) is 1.68. The van der Waals surface area contributed by atoms with Crippen molar-refractivity contribution in [3.8, 4) is 0 Å². The minimum atomic E-state index is -3.25. The van der Waals surface area contributed by atoms with E-state index < -0.39 is 10.0 Å². The van der Waals surface area contributed by atoms with E-state index in [1.54, 1.807) is 13.0 Å². The third kappa shape index (κ3) is 3.20. The highest BCUT2D eigenvalue weighted by molar-refractivity contribution is 7.92. The molecule has 0 atom stereocenters. The van der Waals surface area contributed by atoms with Gasteiger partial charge in [0.15, 0.2) is 0 Å². The molecule has 4 nitrogen and oxygen atoms in total. The molecule has 1 heterocycles. The summed E-state index contributed by atoms with van der Waals surface area (Å²) >= 11 is 5.60. The summed E-state index contributed by atoms with van der Waals surface area (Å²) in [7, 11) is -3.25. The molecule has 0 aliphatic carbocycles. The zero-order chi connectivity index (χ0) is 10.1. The van der Waals surface area contributed by atoms with Gasteiger partial charge in [-0.15, -0.1) is 0 Å². The van der Waals surface area contributed by atoms with Crippen molar-refractivity contribution in [3.63, 3.8) is 0 Å². The number of pyridine rings is 1. The van der Waals surface area contributed by atoms with Crippen molar-refractivity contribution in [2.24, 2.45) is 0 Å². The molecule has 1 rings (SSSR count). The van der Waals surface area contributed by atoms with Gasteiger partial charge in [-0.05, 0) is 19.1 Å². The van der Waals surface area contributed by atoms with Gasteiger partial charge in [-0.3, -0.25) is 4.72 Å². The number of nitrogens with one attached hydrogen (secondary N) is 1. The minimum absolute atomic E-state index is 0.344. The van der Waals surface area contributed by atoms with Crippen molar-refractivity contribution in [2.75, 3.05) is 11.0 Å². The van der Waals surface area contributed by atoms with Gasteiger partial charge in [-0.2, -0.15) is 0 Å². The number of halogens is 1. The number of nitrogens with zero attached hydrogens (tertiary/aromatic N) is 1. The SMILES string of the molecule is Cc1nc(Cl)ccc1NS(C)(=O)=O. The van der Waals surface area contributed by atoms with Crippen LogP contribution in [-0.2, 0) is 10.0 Å². The van der Waals surface area contributed by atoms with Gasteiger partial charge in [0.25, 0.3) is 0 Å². The van der Waals surface area contributed by atoms with Crippen molar-refractivity contribution in [3.05, 3.63) is 23.0 Å². The van der Waals surface area contributed by atoms with Gasteiger partial charge in [0.2, 0.25) is 10.0 Å². The number of hydrogen-bond acceptors (Lipinski definition) is 3. The van der Waals surface area contributed by atoms with Crippen LogP contribution < -0.4 is 4.72 Å². The lowest BCUT2D eigenvalue weighted by Gasteiger charge is -2.05. The molecular weight excluding hydrogens is 212 g/mol. The Morgan fingerprint density at radius 2 is 2.08 bits per heavy atom. The van der Waals surface area contributed by atoms with Crippen LogP contribution in [0.15, 0.2) is 12.1 Å². The summed E-state index contributed by atoms with van der Waals surface area (Å²) in [6, 6.07) is 3.10. The zero-order valence-corrected chi connectivity index (χ0v) is 8.78. The first-order valence-electron chi connectivity index (χ1n) is 3.49. The van der Waals surface area contributed by atoms with Crippen molar-refractivity contribution < 1.29 is 8.42 Å². The first kappa shape index (κ1) is 10.3. The smallest absolute Gasteiger partial charge is 0.229 e. The van der Waals surface area contributed by atoms with Crippen LogP contribution in [0.1, 0.15) is 5.69 Å². The molecule has 13 heavy (non-hydrogen) atoms. The van der Waals surface area contributed by atoms with Crippen LogP contribution in [-0.4, -0.2) is 19.7 Å². The lowest BCUT2D eigenvalue weighted by atomic mass is 10.3. The maximum atomic E-state index is 10.9. The molecule has 1 aromatic heterocycles. The van der Waals surface area contributed by atoms with Crippen molar-refractivity contribution in [1.82, 2.24) is 4.98 Å². The molecule has 0 aliphatic heterocycles. The van der Waals surface area contributed by atoms with Gasteiger partial charge in [0.05, 0.1) is 17.6 Å². The predicted molar refractivity (Wildman–Crippen MR) is 52.5 cm³/mol. The standard InChI is InChI=1S/C7H9ClN2O2S/c1-5-6(10-13(2,11)12)3-4-7(8)9-5/h3-4,10H,1-2H3. The Morgan fingerprint density at radius 1 is 1.46 bits per heavy atom. The van der Waals surface area contributed by atoms with Crippen LogP contribution >= 0.6 is 11.6 Å². The van der Waals surface area contributed by atoms with E-state index in [1.807, 2.05) is 0 Å². The van der Waals surface area contributed by atoms with Crippen LogP contribution in [0.25, 0.3) is 0 Å². The number of aryl methyl sites for hydroxylation is 1. The summed E-state index contributed by atoms with van der Waals surface area (Å²) in [6.07, 6.45) is 1.08. The molecule has 1 N–H and O–H groups in total. The molecule has 0 fully saturated rings. The van der Waals surface area contributed by atoms with Crippen LogP contribution in [0, 0.1) is 6.92 Å². The maximum absolute atomic E-state index is 10.9. The largest absolute Gasteiger partial charge is 0.282 e. The molecule has 0 unspecified atom stereocenters. The van der Waals surface area contributed by atoms with Gasteiger partial charge < -0.3 is 0 Å². The highest BCUT2D eigenvalue weighted by atomic mass is 35.5. The second-order valence-electron chi connectivity index (χ2n) is 2.64. The van der Waals surface area contributed by atoms with E-state index in [0.717, 1.165) is 6.26 Å². The van der Waals surface area contributed by atoms with E-state index >= 15 is 0 Å². The second-order valence-corrected chi connectivity index (χ2v) is 4.78. The summed E-state index contributed by atoms with van der Waals surface area (Å²) in [5.41, 5.74) is 1.00. The van der Waals surface area contributed by atoms with E-state index in [0.29, 0.717) is 16.5 Å². The Kier molecular flexibility index (Phi) is 2.77. The van der Waals surface area contributed by atoms with E-state index in [1.165, 1.54) is 6.07 Å². The van der Waals surface area contributed by atoms with Gasteiger partial charge in [0, 0.05) is 0 Å². The van der Waals surface area contributed by atoms with Gasteiger partial charge in [0.1, 0.15) is 5.15 Å². The fourth-order valence-corrected chi connectivity index (χ4v) is 1.64. The zero-order valence-electron chi connectivity index (χ0n) is 7.20. The molecule has 6 heteroatoms. The number of hydrogen-bond donors (Lipinski definition) is 1. The Morgan fingerprint density at radius 3 is 2.54 bits per heavy atom. The molecule has 1 aromatic rings. The van der Waals surface area contributed by atoms with Crippen LogP contribution in [0.5, 0.6) is 0 Å². The molecule has 0 saturated heterocycles. The van der Waals surface area contributed by atoms with E-state index in [4.69, 9.17) is 11.6 Å². The lowest BCUT2D eigenvalue weighted by molar-refractivity contribution is 0.606. The summed E-state index contributed by atoms with van der Waals surface area (Å²) in [5, 5.41) is 0.344. The number of aromatic nitrogens is 1. The summed E-state index contributed by atoms with van der Waals surface area (Å²) < 4.78 is 24.1. The summed E-state index contributed by atoms with van der Waals surface area (Å²) in [5.74, 6) is 0. The first-order valence-corrected chi connectivity index (χ1v) is 5.76. The van der Waals surface area contributed by atoms with Crippen LogP contribution in [0.4, 0.5) is 5.69 Å². The molecule has 0 aromatic carbocycles. The van der Waals surface area contributed by atoms with E-state index in [9.17, 15) is 8.42 Å². The number of rotatable bonds is 2. The minimum Gasteiger partial charge on any atom is -0.282 e. The Balaban J connectivity index is 3.04. The topological polar surface area (TPSA) is 59.1 Å². The number of anilines is 1. The van der Waals surface area contributed by atoms with Gasteiger partial charge in [-0.25, -0.2) is 13.4 Å². The summed E-state index contributed by atoms with van der Waals surface area (Å²) in [4.78, 5) is 3.90. The van der Waals surface area contributed by atoms with Crippen molar-refractivity contribution in [2.45, 2.75) is 6.92 Å². The maximum Gasteiger partial charge on any atom is 0.229 e. The molecule has 0 saturated carbocycles. The third-order valence-corrected chi connectivity index (χ3v) is 2.15. The third-order valence-electron chi connectivity index (χ3n) is 1.35. The molecule has 0 amide bonds. The lowest BCUT2D eigenvalue weighted by Crippen LogP contribution is -2.11. The Bertz CT molecular complexity index is 417. The predicted octanol–water partition coefficient (Wildman–Crippen LogP) is 1.41. The molecule has 0 radical (unpaired) electrons. The quantitative estimate of drug-likeness (QED) is 0.767. The van der Waals surface area contributed by atoms with Gasteiger partial charge in [-0.1, -0.05) is 11.6 Å². The highest BCUT2D eigenvalue weighted by Gasteiger charge is 2.05. The van der Waals surface area contributed by atoms with Crippen molar-refractivity contribution >= 4 is 27.3 Å². The van der Waals surface area contributed by atoms with Crippen LogP contribution in [0.3, 0.4) is 0 Å². The Labute approximate surface area is 82.0 Å². The average molecular weight is 221 g/mol. The molecule has 72 valence electrons. The number of sulfonamides is 1. The van der Waals surface area contributed by atoms with Gasteiger partial charge >= 0.3 is 0 Å². The fourth-order valence-electron chi connectivity index (χ4n) is 0.838. The fraction of sp³-hybridized carbons (Fsp3) is 0.286.